The number of benzene rings is 2. The van der Waals surface area contributed by atoms with Gasteiger partial charge in [-0.15, -0.1) is 0 Å². The van der Waals surface area contributed by atoms with Gasteiger partial charge in [0.15, 0.2) is 0 Å². The minimum atomic E-state index is -0.906. The zero-order chi connectivity index (χ0) is 19.9. The van der Waals surface area contributed by atoms with Gasteiger partial charge in [0.1, 0.15) is 0 Å². The third kappa shape index (κ3) is 4.42. The first-order valence-electron chi connectivity index (χ1n) is 9.72. The van der Waals surface area contributed by atoms with Gasteiger partial charge >= 0.3 is 5.97 Å². The Bertz CT molecular complexity index is 929. The monoisotopic (exact) mass is 378 g/mol. The number of aromatic nitrogens is 1. The summed E-state index contributed by atoms with van der Waals surface area (Å²) >= 11 is 0. The van der Waals surface area contributed by atoms with Crippen molar-refractivity contribution < 1.29 is 14.3 Å². The predicted octanol–water partition coefficient (Wildman–Crippen LogP) is 4.25. The molecule has 1 aromatic heterocycles. The van der Waals surface area contributed by atoms with E-state index in [2.05, 4.69) is 4.98 Å². The molecule has 0 saturated heterocycles. The molecule has 28 heavy (non-hydrogen) atoms. The number of aromatic amines is 1. The number of amides is 1. The predicted molar refractivity (Wildman–Crippen MR) is 110 cm³/mol. The Hall–Kier alpha value is -3.08. The number of rotatable bonds is 8. The van der Waals surface area contributed by atoms with E-state index in [1.807, 2.05) is 74.6 Å². The van der Waals surface area contributed by atoms with E-state index in [0.717, 1.165) is 16.5 Å². The Kier molecular flexibility index (Phi) is 6.48. The smallest absolute Gasteiger partial charge is 0.307 e. The Morgan fingerprint density at radius 2 is 1.68 bits per heavy atom. The van der Waals surface area contributed by atoms with Crippen molar-refractivity contribution in [1.29, 1.82) is 0 Å². The van der Waals surface area contributed by atoms with Crippen LogP contribution in [0.2, 0.25) is 0 Å². The van der Waals surface area contributed by atoms with Crippen LogP contribution in [0.4, 0.5) is 0 Å². The van der Waals surface area contributed by atoms with E-state index in [0.29, 0.717) is 25.1 Å². The third-order valence-corrected chi connectivity index (χ3v) is 4.92. The summed E-state index contributed by atoms with van der Waals surface area (Å²) in [7, 11) is 0. The molecule has 0 aliphatic rings. The fraction of sp³-hybridized carbons (Fsp3) is 0.304. The van der Waals surface area contributed by atoms with Crippen molar-refractivity contribution in [3.63, 3.8) is 0 Å². The number of hydrogen-bond donors (Lipinski definition) is 1. The molecule has 5 nitrogen and oxygen atoms in total. The molecule has 3 rings (SSSR count). The molecule has 1 N–H and O–H groups in total. The summed E-state index contributed by atoms with van der Waals surface area (Å²) in [5.74, 6) is -0.559. The molecule has 0 unspecified atom stereocenters. The molecule has 1 heterocycles. The van der Waals surface area contributed by atoms with Gasteiger partial charge in [-0.3, -0.25) is 9.59 Å². The molecule has 3 aromatic rings. The number of nitrogens with one attached hydrogen (secondary N) is 1. The minimum absolute atomic E-state index is 0.184. The number of carbonyl (C=O) groups is 2. The van der Waals surface area contributed by atoms with Crippen molar-refractivity contribution in [1.82, 2.24) is 9.88 Å². The molecule has 1 amide bonds. The summed E-state index contributed by atoms with van der Waals surface area (Å²) in [6.07, 6.45) is 1.80. The topological polar surface area (TPSA) is 62.4 Å². The molecule has 2 aromatic carbocycles. The van der Waals surface area contributed by atoms with Crippen LogP contribution in [0.3, 0.4) is 0 Å². The van der Waals surface area contributed by atoms with Crippen molar-refractivity contribution in [2.75, 3.05) is 13.1 Å². The lowest BCUT2D eigenvalue weighted by atomic mass is 10.1. The van der Waals surface area contributed by atoms with E-state index in [1.165, 1.54) is 0 Å². The summed E-state index contributed by atoms with van der Waals surface area (Å²) in [5, 5.41) is 1.11. The SMILES string of the molecule is CCN(CC)C(=O)[C@H](OC(=O)CCc1c[nH]c2ccccc12)c1ccccc1. The molecule has 5 heteroatoms. The quantitative estimate of drug-likeness (QED) is 0.596. The zero-order valence-electron chi connectivity index (χ0n) is 16.4. The molecule has 0 aliphatic carbocycles. The highest BCUT2D eigenvalue weighted by Gasteiger charge is 2.28. The molecule has 0 spiro atoms. The second-order valence-corrected chi connectivity index (χ2v) is 6.65. The van der Waals surface area contributed by atoms with Gasteiger partial charge in [0.2, 0.25) is 6.10 Å². The number of H-pyrrole nitrogens is 1. The van der Waals surface area contributed by atoms with Gasteiger partial charge in [-0.05, 0) is 31.9 Å². The molecule has 0 bridgehead atoms. The highest BCUT2D eigenvalue weighted by molar-refractivity contribution is 5.86. The maximum absolute atomic E-state index is 12.9. The van der Waals surface area contributed by atoms with Crippen LogP contribution in [0.1, 0.15) is 37.5 Å². The Labute approximate surface area is 165 Å². The van der Waals surface area contributed by atoms with E-state index in [-0.39, 0.29) is 18.3 Å². The van der Waals surface area contributed by atoms with Gasteiger partial charge in [-0.25, -0.2) is 0 Å². The van der Waals surface area contributed by atoms with Crippen LogP contribution in [-0.2, 0) is 20.7 Å². The van der Waals surface area contributed by atoms with Crippen molar-refractivity contribution in [2.45, 2.75) is 32.8 Å². The fourth-order valence-corrected chi connectivity index (χ4v) is 3.36. The van der Waals surface area contributed by atoms with Gasteiger partial charge in [-0.1, -0.05) is 48.5 Å². The summed E-state index contributed by atoms with van der Waals surface area (Å²) < 4.78 is 5.65. The van der Waals surface area contributed by atoms with Gasteiger partial charge in [-0.2, -0.15) is 0 Å². The number of likely N-dealkylation sites (N-methyl/N-ethyl adjacent to an activating group) is 1. The maximum Gasteiger partial charge on any atom is 0.307 e. The van der Waals surface area contributed by atoms with Crippen LogP contribution in [0.25, 0.3) is 10.9 Å². The summed E-state index contributed by atoms with van der Waals surface area (Å²) in [4.78, 5) is 30.4. The minimum Gasteiger partial charge on any atom is -0.447 e. The van der Waals surface area contributed by atoms with Crippen molar-refractivity contribution >= 4 is 22.8 Å². The van der Waals surface area contributed by atoms with Gasteiger partial charge in [0.05, 0.1) is 0 Å². The highest BCUT2D eigenvalue weighted by Crippen LogP contribution is 2.23. The number of fused-ring (bicyclic) bond motifs is 1. The Morgan fingerprint density at radius 3 is 2.39 bits per heavy atom. The van der Waals surface area contributed by atoms with Gasteiger partial charge in [0.25, 0.3) is 5.91 Å². The number of aryl methyl sites for hydroxylation is 1. The number of para-hydroxylation sites is 1. The molecule has 0 fully saturated rings. The van der Waals surface area contributed by atoms with Crippen LogP contribution >= 0.6 is 0 Å². The standard InChI is InChI=1S/C23H26N2O3/c1-3-25(4-2)23(27)22(17-10-6-5-7-11-17)28-21(26)15-14-18-16-24-20-13-9-8-12-19(18)20/h5-13,16,22,24H,3-4,14-15H2,1-2H3/t22-/m1/s1. The number of nitrogens with zero attached hydrogens (tertiary/aromatic N) is 1. The van der Waals surface area contributed by atoms with Crippen molar-refractivity contribution in [3.05, 3.63) is 71.9 Å². The Morgan fingerprint density at radius 1 is 1.00 bits per heavy atom. The third-order valence-electron chi connectivity index (χ3n) is 4.92. The highest BCUT2D eigenvalue weighted by atomic mass is 16.5. The molecule has 146 valence electrons. The first-order chi connectivity index (χ1) is 13.6. The van der Waals surface area contributed by atoms with Gasteiger partial charge < -0.3 is 14.6 Å². The fourth-order valence-electron chi connectivity index (χ4n) is 3.36. The lowest BCUT2D eigenvalue weighted by molar-refractivity contribution is -0.160. The maximum atomic E-state index is 12.9. The van der Waals surface area contributed by atoms with Crippen LogP contribution in [-0.4, -0.2) is 34.8 Å². The first kappa shape index (κ1) is 19.7. The van der Waals surface area contributed by atoms with Crippen LogP contribution < -0.4 is 0 Å². The molecule has 0 radical (unpaired) electrons. The van der Waals surface area contributed by atoms with E-state index in [4.69, 9.17) is 4.74 Å². The van der Waals surface area contributed by atoms with E-state index >= 15 is 0 Å². The Balaban J connectivity index is 1.71. The number of carbonyl (C=O) groups excluding carboxylic acids is 2. The summed E-state index contributed by atoms with van der Waals surface area (Å²) in [6, 6.07) is 17.2. The zero-order valence-corrected chi connectivity index (χ0v) is 16.4. The number of esters is 1. The molecule has 1 atom stereocenters. The van der Waals surface area contributed by atoms with Crippen LogP contribution in [0.5, 0.6) is 0 Å². The molecule has 0 saturated carbocycles. The van der Waals surface area contributed by atoms with E-state index in [1.54, 1.807) is 4.90 Å². The number of ether oxygens (including phenoxy) is 1. The molecule has 0 aliphatic heterocycles. The van der Waals surface area contributed by atoms with Gasteiger partial charge in [0, 0.05) is 42.2 Å². The largest absolute Gasteiger partial charge is 0.447 e. The van der Waals surface area contributed by atoms with E-state index in [9.17, 15) is 9.59 Å². The van der Waals surface area contributed by atoms with Crippen molar-refractivity contribution in [2.24, 2.45) is 0 Å². The van der Waals surface area contributed by atoms with Crippen molar-refractivity contribution in [3.8, 4) is 0 Å². The molecular weight excluding hydrogens is 352 g/mol. The van der Waals surface area contributed by atoms with E-state index < -0.39 is 6.10 Å². The van der Waals surface area contributed by atoms with Crippen LogP contribution in [0, 0.1) is 0 Å². The average Bonchev–Trinajstić information content (AvgIpc) is 3.15. The average molecular weight is 378 g/mol. The van der Waals surface area contributed by atoms with Crippen LogP contribution in [0.15, 0.2) is 60.8 Å². The summed E-state index contributed by atoms with van der Waals surface area (Å²) in [5.41, 5.74) is 2.81. The lowest BCUT2D eigenvalue weighted by Gasteiger charge is -2.25. The second-order valence-electron chi connectivity index (χ2n) is 6.65. The number of hydrogen-bond acceptors (Lipinski definition) is 3. The molecular formula is C23H26N2O3. The second kappa shape index (κ2) is 9.22. The summed E-state index contributed by atoms with van der Waals surface area (Å²) in [6.45, 7) is 4.99. The first-order valence-corrected chi connectivity index (χ1v) is 9.72. The lowest BCUT2D eigenvalue weighted by Crippen LogP contribution is -2.36. The normalized spacial score (nSPS) is 11.9.